The summed E-state index contributed by atoms with van der Waals surface area (Å²) in [5, 5.41) is 15.1. The molecule has 4 amide bonds. The fraction of sp³-hybridized carbons (Fsp3) is 0.484. The van der Waals surface area contributed by atoms with Crippen LogP contribution in [0.25, 0.3) is 0 Å². The van der Waals surface area contributed by atoms with E-state index in [1.54, 1.807) is 43.3 Å². The molecule has 11 nitrogen and oxygen atoms in total. The quantitative estimate of drug-likeness (QED) is 0.429. The molecule has 0 unspecified atom stereocenters. The number of likely N-dealkylation sites (N-methyl/N-ethyl adjacent to an activating group) is 1. The van der Waals surface area contributed by atoms with E-state index in [-0.39, 0.29) is 56.7 Å². The van der Waals surface area contributed by atoms with Crippen LogP contribution in [-0.2, 0) is 27.3 Å². The monoisotopic (exact) mass is 599 g/mol. The predicted molar refractivity (Wildman–Crippen MR) is 158 cm³/mol. The largest absolute Gasteiger partial charge is 0.497 e. The number of nitrogens with one attached hydrogen (secondary N) is 1. The van der Waals surface area contributed by atoms with Crippen molar-refractivity contribution in [3.63, 3.8) is 0 Å². The Morgan fingerprint density at radius 1 is 1.02 bits per heavy atom. The Labute approximate surface area is 252 Å². The van der Waals surface area contributed by atoms with Gasteiger partial charge in [-0.3, -0.25) is 14.4 Å². The summed E-state index contributed by atoms with van der Waals surface area (Å²) in [6, 6.07) is 11.7. The third kappa shape index (κ3) is 8.90. The lowest BCUT2D eigenvalue weighted by Gasteiger charge is -2.54. The molecule has 0 aromatic heterocycles. The van der Waals surface area contributed by atoms with Crippen LogP contribution in [0.3, 0.4) is 0 Å². The molecule has 43 heavy (non-hydrogen) atoms. The zero-order chi connectivity index (χ0) is 31.5. The lowest BCUT2D eigenvalue weighted by molar-refractivity contribution is -0.187. The van der Waals surface area contributed by atoms with Gasteiger partial charge in [0.25, 0.3) is 0 Å². The highest BCUT2D eigenvalue weighted by Crippen LogP contribution is 2.28. The van der Waals surface area contributed by atoms with Crippen molar-refractivity contribution in [1.29, 1.82) is 0 Å². The summed E-state index contributed by atoms with van der Waals surface area (Å²) in [6.45, 7) is 4.76. The summed E-state index contributed by atoms with van der Waals surface area (Å²) in [7, 11) is 3.19. The van der Waals surface area contributed by atoms with E-state index in [2.05, 4.69) is 19.2 Å². The van der Waals surface area contributed by atoms with Crippen LogP contribution in [0.4, 0.5) is 9.18 Å². The summed E-state index contributed by atoms with van der Waals surface area (Å²) in [6.07, 6.45) is 1.86. The van der Waals surface area contributed by atoms with Crippen molar-refractivity contribution in [3.8, 4) is 5.75 Å². The van der Waals surface area contributed by atoms with Crippen LogP contribution < -0.4 is 10.1 Å². The molecular formula is C31H42FN5O6. The molecule has 0 saturated carbocycles. The van der Waals surface area contributed by atoms with Crippen LogP contribution in [-0.4, -0.2) is 94.7 Å². The molecule has 2 heterocycles. The molecule has 2 aliphatic rings. The first kappa shape index (κ1) is 33.3. The Morgan fingerprint density at radius 3 is 2.23 bits per heavy atom. The first-order chi connectivity index (χ1) is 20.6. The van der Waals surface area contributed by atoms with Crippen molar-refractivity contribution < 1.29 is 33.4 Å². The third-order valence-electron chi connectivity index (χ3n) is 7.47. The van der Waals surface area contributed by atoms with Gasteiger partial charge >= 0.3 is 12.0 Å². The highest BCUT2D eigenvalue weighted by atomic mass is 19.1. The van der Waals surface area contributed by atoms with Crippen LogP contribution >= 0.6 is 0 Å². The number of hydrogen-bond donors (Lipinski definition) is 2. The number of benzene rings is 2. The minimum Gasteiger partial charge on any atom is -0.497 e. The number of carboxylic acids is 1. The smallest absolute Gasteiger partial charge is 0.334 e. The van der Waals surface area contributed by atoms with Crippen molar-refractivity contribution in [2.75, 3.05) is 33.8 Å². The van der Waals surface area contributed by atoms with Crippen molar-refractivity contribution in [2.45, 2.75) is 64.7 Å². The summed E-state index contributed by atoms with van der Waals surface area (Å²) >= 11 is 0. The molecule has 2 fully saturated rings. The fourth-order valence-electron chi connectivity index (χ4n) is 4.96. The van der Waals surface area contributed by atoms with Crippen LogP contribution in [0, 0.1) is 5.82 Å². The van der Waals surface area contributed by atoms with Crippen LogP contribution in [0.2, 0.25) is 0 Å². The fourth-order valence-corrected chi connectivity index (χ4v) is 4.96. The average Bonchev–Trinajstić information content (AvgIpc) is 2.99. The minimum absolute atomic E-state index is 0.0512. The maximum Gasteiger partial charge on any atom is 0.334 e. The molecule has 2 atom stereocenters. The number of unbranched alkanes of at least 4 members (excludes halogenated alkanes) is 1. The molecule has 0 spiro atoms. The number of hydrogen-bond acceptors (Lipinski definition) is 6. The van der Waals surface area contributed by atoms with E-state index in [4.69, 9.17) is 4.74 Å². The first-order valence-corrected chi connectivity index (χ1v) is 14.6. The minimum atomic E-state index is -1.08. The van der Waals surface area contributed by atoms with Crippen LogP contribution in [0.1, 0.15) is 50.7 Å². The number of carbonyl (C=O) groups excluding carboxylic acids is 3. The molecule has 2 saturated heterocycles. The van der Waals surface area contributed by atoms with Gasteiger partial charge in [0, 0.05) is 26.6 Å². The third-order valence-corrected chi connectivity index (χ3v) is 7.47. The molecule has 0 bridgehead atoms. The molecule has 4 rings (SSSR count). The maximum absolute atomic E-state index is 13.5. The number of piperazine rings is 1. The molecule has 2 aliphatic heterocycles. The second-order valence-electron chi connectivity index (χ2n) is 10.6. The van der Waals surface area contributed by atoms with Gasteiger partial charge in [0.05, 0.1) is 20.2 Å². The van der Waals surface area contributed by atoms with Gasteiger partial charge in [-0.25, -0.2) is 19.2 Å². The van der Waals surface area contributed by atoms with Gasteiger partial charge in [-0.15, -0.1) is 0 Å². The van der Waals surface area contributed by atoms with Gasteiger partial charge < -0.3 is 25.0 Å². The molecule has 0 aliphatic carbocycles. The van der Waals surface area contributed by atoms with E-state index in [0.29, 0.717) is 12.2 Å². The van der Waals surface area contributed by atoms with Crippen LogP contribution in [0.5, 0.6) is 5.75 Å². The zero-order valence-electron chi connectivity index (χ0n) is 25.3. The van der Waals surface area contributed by atoms with Gasteiger partial charge in [0.15, 0.2) is 0 Å². The molecule has 234 valence electrons. The summed E-state index contributed by atoms with van der Waals surface area (Å²) in [4.78, 5) is 54.3. The molecule has 12 heteroatoms. The van der Waals surface area contributed by atoms with Crippen molar-refractivity contribution in [2.24, 2.45) is 0 Å². The van der Waals surface area contributed by atoms with Gasteiger partial charge in [-0.05, 0) is 48.2 Å². The zero-order valence-corrected chi connectivity index (χ0v) is 25.3. The second kappa shape index (κ2) is 15.9. The number of amides is 4. The van der Waals surface area contributed by atoms with E-state index < -0.39 is 24.2 Å². The van der Waals surface area contributed by atoms with Gasteiger partial charge in [-0.1, -0.05) is 51.0 Å². The van der Waals surface area contributed by atoms with E-state index in [1.165, 1.54) is 39.9 Å². The average molecular weight is 600 g/mol. The summed E-state index contributed by atoms with van der Waals surface area (Å²) in [5.74, 6) is -1.49. The number of halogens is 1. The molecule has 2 aromatic carbocycles. The molecular weight excluding hydrogens is 557 g/mol. The normalized spacial score (nSPS) is 18.5. The predicted octanol–water partition coefficient (Wildman–Crippen LogP) is 3.49. The highest BCUT2D eigenvalue weighted by molar-refractivity contribution is 5.91. The number of ether oxygens (including phenoxy) is 1. The number of carboxylic acid groups (broad SMARTS) is 1. The van der Waals surface area contributed by atoms with E-state index in [9.17, 15) is 28.7 Å². The number of aliphatic carboxylic acids is 1. The summed E-state index contributed by atoms with van der Waals surface area (Å²) < 4.78 is 18.5. The Hall–Kier alpha value is -4.19. The maximum atomic E-state index is 13.5. The highest BCUT2D eigenvalue weighted by Gasteiger charge is 2.50. The van der Waals surface area contributed by atoms with Gasteiger partial charge in [-0.2, -0.15) is 0 Å². The molecule has 2 aromatic rings. The molecule has 2 N–H and O–H groups in total. The number of rotatable bonds is 10. The lowest BCUT2D eigenvalue weighted by atomic mass is 10.0. The standard InChI is InChI=1S/C27H32FN5O6.C4H10/c1-30-17-24(34)32-22(11-12-25(35)36)26(37)31(14-13-18-3-7-20(28)8-4-18)16-23(32)33(30)27(38)29-15-19-5-9-21(39-2)10-6-19;1-3-4-2/h3-10,22-23H,11-17H2,1-2H3,(H,29,38)(H,35,36);3-4H2,1-2H3/t22-,23-;/m0./s1. The van der Waals surface area contributed by atoms with Gasteiger partial charge in [0.2, 0.25) is 11.8 Å². The number of methoxy groups -OCH3 is 1. The Bertz CT molecular complexity index is 1240. The molecule has 0 radical (unpaired) electrons. The van der Waals surface area contributed by atoms with Crippen LogP contribution in [0.15, 0.2) is 48.5 Å². The van der Waals surface area contributed by atoms with E-state index in [0.717, 1.165) is 11.1 Å². The Balaban J connectivity index is 0.00000119. The number of nitrogens with zero attached hydrogens (tertiary/aromatic N) is 4. The Morgan fingerprint density at radius 2 is 1.65 bits per heavy atom. The van der Waals surface area contributed by atoms with Crippen molar-refractivity contribution in [1.82, 2.24) is 25.1 Å². The number of urea groups is 1. The summed E-state index contributed by atoms with van der Waals surface area (Å²) in [5.41, 5.74) is 1.66. The van der Waals surface area contributed by atoms with Gasteiger partial charge in [0.1, 0.15) is 23.8 Å². The second-order valence-corrected chi connectivity index (χ2v) is 10.6. The topological polar surface area (TPSA) is 123 Å². The number of carbonyl (C=O) groups is 4. The van der Waals surface area contributed by atoms with E-state index in [1.807, 2.05) is 12.1 Å². The van der Waals surface area contributed by atoms with Crippen molar-refractivity contribution in [3.05, 3.63) is 65.5 Å². The van der Waals surface area contributed by atoms with Crippen molar-refractivity contribution >= 4 is 23.8 Å². The Kier molecular flexibility index (Phi) is 12.3. The SMILES string of the molecule is CCCC.COc1ccc(CNC(=O)N2[C@H]3CN(CCc4ccc(F)cc4)C(=O)[C@H](CCC(=O)O)N3C(=O)CN2C)cc1. The lowest BCUT2D eigenvalue weighted by Crippen LogP contribution is -2.76. The number of fused-ring (bicyclic) bond motifs is 1. The number of hydrazine groups is 1. The first-order valence-electron chi connectivity index (χ1n) is 14.6. The van der Waals surface area contributed by atoms with E-state index >= 15 is 0 Å².